The van der Waals surface area contributed by atoms with Gasteiger partial charge < -0.3 is 4.74 Å². The molecule has 2 nitrogen and oxygen atoms in total. The maximum atomic E-state index is 11.6. The molecule has 0 fully saturated rings. The minimum atomic E-state index is -0.0460. The fraction of sp³-hybridized carbons (Fsp3) is 0.857. The molecule has 136 valence electrons. The molecule has 2 heteroatoms. The predicted molar refractivity (Wildman–Crippen MR) is 101 cm³/mol. The van der Waals surface area contributed by atoms with Crippen molar-refractivity contribution in [2.75, 3.05) is 6.61 Å². The van der Waals surface area contributed by atoms with Crippen LogP contribution in [0.4, 0.5) is 0 Å². The Morgan fingerprint density at radius 2 is 1.52 bits per heavy atom. The van der Waals surface area contributed by atoms with Crippen molar-refractivity contribution in [3.05, 3.63) is 12.2 Å². The Bertz CT molecular complexity index is 299. The Hall–Kier alpha value is -0.790. The molecule has 0 aromatic carbocycles. The number of hydrogen-bond acceptors (Lipinski definition) is 2. The molecular weight excluding hydrogens is 284 g/mol. The maximum absolute atomic E-state index is 11.6. The molecule has 0 N–H and O–H groups in total. The van der Waals surface area contributed by atoms with Gasteiger partial charge in [0.25, 0.3) is 0 Å². The number of hydrogen-bond donors (Lipinski definition) is 0. The van der Waals surface area contributed by atoms with Gasteiger partial charge in [0.05, 0.1) is 0 Å². The molecule has 0 saturated carbocycles. The first-order chi connectivity index (χ1) is 11.0. The molecule has 0 bridgehead atoms. The second kappa shape index (κ2) is 14.8. The fourth-order valence-electron chi connectivity index (χ4n) is 2.54. The van der Waals surface area contributed by atoms with Crippen LogP contribution in [0.15, 0.2) is 12.2 Å². The van der Waals surface area contributed by atoms with Gasteiger partial charge in [0.2, 0.25) is 0 Å². The number of ether oxygens (including phenoxy) is 1. The average Bonchev–Trinajstić information content (AvgIpc) is 2.48. The average molecular weight is 325 g/mol. The zero-order valence-electron chi connectivity index (χ0n) is 16.2. The summed E-state index contributed by atoms with van der Waals surface area (Å²) in [6, 6.07) is 0. The molecule has 0 rings (SSSR count). The Balaban J connectivity index is 3.32. The van der Waals surface area contributed by atoms with E-state index in [0.717, 1.165) is 19.3 Å². The van der Waals surface area contributed by atoms with Crippen LogP contribution in [0, 0.1) is 5.41 Å². The van der Waals surface area contributed by atoms with Gasteiger partial charge in [-0.2, -0.15) is 0 Å². The number of esters is 1. The number of carbonyl (C=O) groups excluding carboxylic acids is 1. The topological polar surface area (TPSA) is 26.3 Å². The van der Waals surface area contributed by atoms with Gasteiger partial charge in [0.15, 0.2) is 0 Å². The van der Waals surface area contributed by atoms with Crippen LogP contribution in [-0.4, -0.2) is 12.6 Å². The van der Waals surface area contributed by atoms with E-state index in [9.17, 15) is 4.79 Å². The van der Waals surface area contributed by atoms with Crippen molar-refractivity contribution in [1.29, 1.82) is 0 Å². The molecule has 0 heterocycles. The molecule has 0 aromatic rings. The lowest BCUT2D eigenvalue weighted by Gasteiger charge is -2.17. The van der Waals surface area contributed by atoms with E-state index >= 15 is 0 Å². The lowest BCUT2D eigenvalue weighted by atomic mass is 9.89. The van der Waals surface area contributed by atoms with Gasteiger partial charge in [0, 0.05) is 6.42 Å². The first-order valence-electron chi connectivity index (χ1n) is 9.76. The molecule has 0 amide bonds. The number of allylic oxidation sites excluding steroid dienone is 1. The number of unbranched alkanes of at least 4 members (excludes halogenated alkanes) is 8. The van der Waals surface area contributed by atoms with Gasteiger partial charge in [-0.25, -0.2) is 0 Å². The monoisotopic (exact) mass is 324 g/mol. The van der Waals surface area contributed by atoms with E-state index in [1.165, 1.54) is 51.4 Å². The third-order valence-corrected chi connectivity index (χ3v) is 4.04. The van der Waals surface area contributed by atoms with Crippen molar-refractivity contribution in [3.8, 4) is 0 Å². The number of carbonyl (C=O) groups is 1. The van der Waals surface area contributed by atoms with E-state index in [2.05, 4.69) is 33.8 Å². The predicted octanol–water partition coefficient (Wildman–Crippen LogP) is 6.83. The van der Waals surface area contributed by atoms with Crippen LogP contribution in [0.5, 0.6) is 0 Å². The first kappa shape index (κ1) is 22.2. The van der Waals surface area contributed by atoms with Crippen LogP contribution in [0.2, 0.25) is 0 Å². The van der Waals surface area contributed by atoms with E-state index < -0.39 is 0 Å². The van der Waals surface area contributed by atoms with E-state index in [1.807, 2.05) is 6.08 Å². The largest absolute Gasteiger partial charge is 0.461 e. The molecule has 0 atom stereocenters. The third kappa shape index (κ3) is 19.2. The smallest absolute Gasteiger partial charge is 0.306 e. The summed E-state index contributed by atoms with van der Waals surface area (Å²) in [6.45, 7) is 9.55. The van der Waals surface area contributed by atoms with Crippen molar-refractivity contribution in [2.24, 2.45) is 5.41 Å². The molecule has 23 heavy (non-hydrogen) atoms. The summed E-state index contributed by atoms with van der Waals surface area (Å²) >= 11 is 0. The Morgan fingerprint density at radius 3 is 2.22 bits per heavy atom. The number of rotatable bonds is 14. The zero-order chi connectivity index (χ0) is 17.4. The Labute approximate surface area is 145 Å². The van der Waals surface area contributed by atoms with E-state index in [4.69, 9.17) is 4.74 Å². The minimum Gasteiger partial charge on any atom is -0.461 e. The van der Waals surface area contributed by atoms with Crippen LogP contribution in [0.25, 0.3) is 0 Å². The highest BCUT2D eigenvalue weighted by molar-refractivity contribution is 5.69. The van der Waals surface area contributed by atoms with Gasteiger partial charge in [0.1, 0.15) is 6.61 Å². The fourth-order valence-corrected chi connectivity index (χ4v) is 2.54. The van der Waals surface area contributed by atoms with Crippen molar-refractivity contribution < 1.29 is 9.53 Å². The highest BCUT2D eigenvalue weighted by Crippen LogP contribution is 2.22. The SMILES string of the molecule is CCCCCC/C=C/COC(=O)CCCCCCCC(C)(C)C. The second-order valence-corrected chi connectivity index (χ2v) is 7.83. The van der Waals surface area contributed by atoms with Crippen LogP contribution < -0.4 is 0 Å². The van der Waals surface area contributed by atoms with Crippen molar-refractivity contribution in [3.63, 3.8) is 0 Å². The van der Waals surface area contributed by atoms with Gasteiger partial charge in [-0.3, -0.25) is 4.79 Å². The molecule has 0 saturated heterocycles. The van der Waals surface area contributed by atoms with Gasteiger partial charge >= 0.3 is 5.97 Å². The molecule has 0 aliphatic rings. The molecule has 0 aromatic heterocycles. The van der Waals surface area contributed by atoms with Crippen molar-refractivity contribution in [1.82, 2.24) is 0 Å². The minimum absolute atomic E-state index is 0.0460. The van der Waals surface area contributed by atoms with Crippen molar-refractivity contribution >= 4 is 5.97 Å². The van der Waals surface area contributed by atoms with Gasteiger partial charge in [-0.05, 0) is 31.1 Å². The van der Waals surface area contributed by atoms with E-state index in [0.29, 0.717) is 18.4 Å². The molecule has 0 spiro atoms. The van der Waals surface area contributed by atoms with E-state index in [1.54, 1.807) is 0 Å². The molecular formula is C21H40O2. The summed E-state index contributed by atoms with van der Waals surface area (Å²) in [7, 11) is 0. The normalized spacial score (nSPS) is 12.0. The summed E-state index contributed by atoms with van der Waals surface area (Å²) < 4.78 is 5.22. The maximum Gasteiger partial charge on any atom is 0.306 e. The standard InChI is InChI=1S/C21H40O2/c1-5-6-7-8-9-13-16-19-23-20(22)17-14-11-10-12-15-18-21(2,3)4/h13,16H,5-12,14-15,17-19H2,1-4H3/b16-13+. The highest BCUT2D eigenvalue weighted by Gasteiger charge is 2.08. The van der Waals surface area contributed by atoms with Crippen LogP contribution in [0.1, 0.15) is 105 Å². The van der Waals surface area contributed by atoms with Crippen LogP contribution in [-0.2, 0) is 9.53 Å². The zero-order valence-corrected chi connectivity index (χ0v) is 16.2. The molecule has 0 unspecified atom stereocenters. The molecule has 0 aliphatic carbocycles. The summed E-state index contributed by atoms with van der Waals surface area (Å²) in [5.41, 5.74) is 0.452. The Kier molecular flexibility index (Phi) is 14.3. The Morgan fingerprint density at radius 1 is 0.870 bits per heavy atom. The second-order valence-electron chi connectivity index (χ2n) is 7.83. The summed E-state index contributed by atoms with van der Waals surface area (Å²) in [6.07, 6.45) is 18.2. The van der Waals surface area contributed by atoms with Gasteiger partial charge in [-0.1, -0.05) is 84.8 Å². The van der Waals surface area contributed by atoms with Gasteiger partial charge in [-0.15, -0.1) is 0 Å². The molecule has 0 aliphatic heterocycles. The van der Waals surface area contributed by atoms with Crippen LogP contribution >= 0.6 is 0 Å². The van der Waals surface area contributed by atoms with E-state index in [-0.39, 0.29) is 5.97 Å². The first-order valence-corrected chi connectivity index (χ1v) is 9.76. The lowest BCUT2D eigenvalue weighted by molar-refractivity contribution is -0.142. The van der Waals surface area contributed by atoms with Crippen LogP contribution in [0.3, 0.4) is 0 Å². The summed E-state index contributed by atoms with van der Waals surface area (Å²) in [5.74, 6) is -0.0460. The summed E-state index contributed by atoms with van der Waals surface area (Å²) in [5, 5.41) is 0. The lowest BCUT2D eigenvalue weighted by Crippen LogP contribution is -2.04. The third-order valence-electron chi connectivity index (χ3n) is 4.04. The summed E-state index contributed by atoms with van der Waals surface area (Å²) in [4.78, 5) is 11.6. The highest BCUT2D eigenvalue weighted by atomic mass is 16.5. The quantitative estimate of drug-likeness (QED) is 0.199. The molecule has 0 radical (unpaired) electrons. The van der Waals surface area contributed by atoms with Crippen molar-refractivity contribution in [2.45, 2.75) is 105 Å².